The van der Waals surface area contributed by atoms with Gasteiger partial charge in [0, 0.05) is 26.1 Å². The molecule has 0 aromatic heterocycles. The molecule has 0 saturated heterocycles. The molecule has 0 spiro atoms. The number of thioether (sulfide) groups is 1. The summed E-state index contributed by atoms with van der Waals surface area (Å²) in [6.45, 7) is 2.31. The largest absolute Gasteiger partial charge is 0.481 e. The van der Waals surface area contributed by atoms with E-state index in [1.54, 1.807) is 0 Å². The molecule has 0 rings (SSSR count). The van der Waals surface area contributed by atoms with Crippen molar-refractivity contribution in [2.24, 2.45) is 0 Å². The maximum Gasteiger partial charge on any atom is 0.317 e. The first-order valence-electron chi connectivity index (χ1n) is 7.74. The maximum atomic E-state index is 11.7. The van der Waals surface area contributed by atoms with Gasteiger partial charge in [0.15, 0.2) is 5.12 Å². The number of carboxylic acid groups (broad SMARTS) is 1. The fourth-order valence-electron chi connectivity index (χ4n) is 1.52. The summed E-state index contributed by atoms with van der Waals surface area (Å²) >= 11 is 0.828. The van der Waals surface area contributed by atoms with Gasteiger partial charge < -0.3 is 24.6 Å². The van der Waals surface area contributed by atoms with Gasteiger partial charge in [-0.1, -0.05) is 11.8 Å². The highest BCUT2D eigenvalue weighted by Gasteiger charge is 2.21. The van der Waals surface area contributed by atoms with E-state index in [1.807, 2.05) is 0 Å². The van der Waals surface area contributed by atoms with Gasteiger partial charge in [-0.2, -0.15) is 0 Å². The Balaban J connectivity index is 4.29. The van der Waals surface area contributed by atoms with Crippen molar-refractivity contribution in [1.29, 1.82) is 0 Å². The summed E-state index contributed by atoms with van der Waals surface area (Å²) in [5.74, 6) is -4.04. The Hall–Kier alpha value is -2.63. The molecule has 0 aromatic rings. The lowest BCUT2D eigenvalue weighted by Crippen LogP contribution is -2.27. The van der Waals surface area contributed by atoms with Crippen molar-refractivity contribution < 1.29 is 48.1 Å². The second kappa shape index (κ2) is 13.6. The molecule has 12 heteroatoms. The normalized spacial score (nSPS) is 11.0. The van der Waals surface area contributed by atoms with Crippen molar-refractivity contribution in [1.82, 2.24) is 5.32 Å². The van der Waals surface area contributed by atoms with E-state index in [9.17, 15) is 28.8 Å². The van der Waals surface area contributed by atoms with Crippen molar-refractivity contribution in [3.63, 3.8) is 0 Å². The van der Waals surface area contributed by atoms with Crippen LogP contribution in [0.1, 0.15) is 33.1 Å². The Morgan fingerprint density at radius 3 is 2.22 bits per heavy atom. The second-order valence-corrected chi connectivity index (χ2v) is 6.14. The highest BCUT2D eigenvalue weighted by Crippen LogP contribution is 2.09. The lowest BCUT2D eigenvalue weighted by molar-refractivity contribution is -0.188. The minimum absolute atomic E-state index is 0.222. The average molecular weight is 407 g/mol. The van der Waals surface area contributed by atoms with Crippen LogP contribution in [0, 0.1) is 0 Å². The maximum absolute atomic E-state index is 11.7. The number of hydrogen-bond acceptors (Lipinski definition) is 10. The van der Waals surface area contributed by atoms with Gasteiger partial charge in [-0.25, -0.2) is 0 Å². The van der Waals surface area contributed by atoms with Crippen molar-refractivity contribution in [3.8, 4) is 0 Å². The van der Waals surface area contributed by atoms with Crippen LogP contribution < -0.4 is 5.32 Å². The minimum Gasteiger partial charge on any atom is -0.481 e. The molecule has 0 saturated carbocycles. The lowest BCUT2D eigenvalue weighted by Gasteiger charge is -2.17. The zero-order valence-electron chi connectivity index (χ0n) is 14.8. The molecule has 11 nitrogen and oxygen atoms in total. The molecule has 0 fully saturated rings. The van der Waals surface area contributed by atoms with Crippen LogP contribution in [0.2, 0.25) is 0 Å². The summed E-state index contributed by atoms with van der Waals surface area (Å²) in [5, 5.41) is 10.4. The van der Waals surface area contributed by atoms with Crippen molar-refractivity contribution in [2.45, 2.75) is 39.4 Å². The molecular formula is C15H21NO10S. The molecule has 0 heterocycles. The van der Waals surface area contributed by atoms with Gasteiger partial charge in [0.25, 0.3) is 6.29 Å². The molecule has 27 heavy (non-hydrogen) atoms. The Morgan fingerprint density at radius 2 is 1.67 bits per heavy atom. The molecule has 152 valence electrons. The van der Waals surface area contributed by atoms with Crippen molar-refractivity contribution in [3.05, 3.63) is 0 Å². The van der Waals surface area contributed by atoms with Gasteiger partial charge in [-0.15, -0.1) is 0 Å². The number of amides is 1. The summed E-state index contributed by atoms with van der Waals surface area (Å²) in [6, 6.07) is 0. The van der Waals surface area contributed by atoms with Gasteiger partial charge >= 0.3 is 23.9 Å². The smallest absolute Gasteiger partial charge is 0.317 e. The highest BCUT2D eigenvalue weighted by molar-refractivity contribution is 8.13. The van der Waals surface area contributed by atoms with Crippen molar-refractivity contribution >= 4 is 46.7 Å². The number of aliphatic carboxylic acids is 1. The minimum atomic E-state index is -1.38. The molecule has 0 aromatic carbocycles. The molecule has 0 bridgehead atoms. The first-order chi connectivity index (χ1) is 12.6. The third-order valence-electron chi connectivity index (χ3n) is 2.50. The Morgan fingerprint density at radius 1 is 1.00 bits per heavy atom. The summed E-state index contributed by atoms with van der Waals surface area (Å²) in [5.41, 5.74) is 0. The number of carbonyl (C=O) groups excluding carboxylic acids is 5. The zero-order chi connectivity index (χ0) is 20.8. The molecule has 0 aliphatic carbocycles. The Labute approximate surface area is 159 Å². The van der Waals surface area contributed by atoms with Crippen LogP contribution in [-0.4, -0.2) is 65.2 Å². The van der Waals surface area contributed by atoms with Crippen LogP contribution in [0.25, 0.3) is 0 Å². The number of rotatable bonds is 12. The van der Waals surface area contributed by atoms with Gasteiger partial charge in [-0.3, -0.25) is 28.8 Å². The van der Waals surface area contributed by atoms with Crippen LogP contribution in [0.15, 0.2) is 0 Å². The zero-order valence-corrected chi connectivity index (χ0v) is 15.7. The van der Waals surface area contributed by atoms with E-state index in [-0.39, 0.29) is 31.2 Å². The van der Waals surface area contributed by atoms with Crippen LogP contribution in [0.4, 0.5) is 0 Å². The number of nitrogens with one attached hydrogen (secondary N) is 1. The van der Waals surface area contributed by atoms with E-state index >= 15 is 0 Å². The van der Waals surface area contributed by atoms with Crippen LogP contribution in [-0.2, 0) is 43.0 Å². The quantitative estimate of drug-likeness (QED) is 0.187. The first kappa shape index (κ1) is 24.4. The molecule has 0 aliphatic heterocycles. The average Bonchev–Trinajstić information content (AvgIpc) is 2.49. The molecule has 0 aliphatic rings. The fraction of sp³-hybridized carbons (Fsp3) is 0.600. The molecule has 1 amide bonds. The second-order valence-electron chi connectivity index (χ2n) is 4.99. The standard InChI is InChI=1S/C15H21NO10S/c1-9(17)16-4-6-27-14(23)8-13(22)26-15(25-10(2)18)3-5-24-12(21)7-11(19)20/h15H,3-8H2,1-2H3,(H,16,17)(H,19,20). The number of esters is 3. The van der Waals surface area contributed by atoms with Crippen LogP contribution in [0.3, 0.4) is 0 Å². The summed E-state index contributed by atoms with van der Waals surface area (Å²) in [4.78, 5) is 66.5. The van der Waals surface area contributed by atoms with Crippen molar-refractivity contribution in [2.75, 3.05) is 18.9 Å². The molecule has 1 atom stereocenters. The monoisotopic (exact) mass is 407 g/mol. The van der Waals surface area contributed by atoms with Gasteiger partial charge in [0.2, 0.25) is 5.91 Å². The number of carbonyl (C=O) groups is 6. The molecule has 1 unspecified atom stereocenters. The van der Waals surface area contributed by atoms with E-state index in [1.165, 1.54) is 6.92 Å². The van der Waals surface area contributed by atoms with Gasteiger partial charge in [0.1, 0.15) is 12.8 Å². The number of hydrogen-bond donors (Lipinski definition) is 2. The SMILES string of the molecule is CC(=O)NCCSC(=O)CC(=O)OC(CCOC(=O)CC(=O)O)OC(C)=O. The molecular weight excluding hydrogens is 386 g/mol. The predicted molar refractivity (Wildman–Crippen MR) is 90.2 cm³/mol. The van der Waals surface area contributed by atoms with Crippen LogP contribution in [0.5, 0.6) is 0 Å². The van der Waals surface area contributed by atoms with Gasteiger partial charge in [0.05, 0.1) is 13.0 Å². The number of ether oxygens (including phenoxy) is 3. The summed E-state index contributed by atoms with van der Waals surface area (Å²) in [6.07, 6.45) is -3.02. The molecule has 0 radical (unpaired) electrons. The topological polar surface area (TPSA) is 162 Å². The molecule has 2 N–H and O–H groups in total. The third kappa shape index (κ3) is 15.3. The summed E-state index contributed by atoms with van der Waals surface area (Å²) in [7, 11) is 0. The predicted octanol–water partition coefficient (Wildman–Crippen LogP) is -0.387. The first-order valence-corrected chi connectivity index (χ1v) is 8.73. The van der Waals surface area contributed by atoms with E-state index < -0.39 is 48.1 Å². The number of carboxylic acids is 1. The van der Waals surface area contributed by atoms with E-state index in [4.69, 9.17) is 14.6 Å². The van der Waals surface area contributed by atoms with Gasteiger partial charge in [-0.05, 0) is 0 Å². The third-order valence-corrected chi connectivity index (χ3v) is 3.37. The highest BCUT2D eigenvalue weighted by atomic mass is 32.2. The van der Waals surface area contributed by atoms with E-state index in [0.717, 1.165) is 18.7 Å². The lowest BCUT2D eigenvalue weighted by atomic mass is 10.4. The van der Waals surface area contributed by atoms with E-state index in [0.29, 0.717) is 0 Å². The fourth-order valence-corrected chi connectivity index (χ4v) is 2.17. The Bertz CT molecular complexity index is 577. The van der Waals surface area contributed by atoms with Crippen LogP contribution >= 0.6 is 11.8 Å². The summed E-state index contributed by atoms with van der Waals surface area (Å²) < 4.78 is 14.2. The Kier molecular flexibility index (Phi) is 12.2. The van der Waals surface area contributed by atoms with E-state index in [2.05, 4.69) is 10.1 Å².